The van der Waals surface area contributed by atoms with Gasteiger partial charge in [-0.3, -0.25) is 9.59 Å². The van der Waals surface area contributed by atoms with Crippen molar-refractivity contribution >= 4 is 11.8 Å². The minimum atomic E-state index is -4.60. The van der Waals surface area contributed by atoms with Crippen molar-refractivity contribution in [1.29, 1.82) is 0 Å². The molecule has 2 amide bonds. The molecule has 2 aromatic rings. The summed E-state index contributed by atoms with van der Waals surface area (Å²) >= 11 is 0. The van der Waals surface area contributed by atoms with Gasteiger partial charge in [0.1, 0.15) is 11.5 Å². The van der Waals surface area contributed by atoms with Crippen LogP contribution < -0.4 is 10.1 Å². The number of amides is 2. The van der Waals surface area contributed by atoms with Crippen molar-refractivity contribution in [2.75, 3.05) is 13.1 Å². The van der Waals surface area contributed by atoms with Crippen molar-refractivity contribution in [1.82, 2.24) is 10.2 Å². The van der Waals surface area contributed by atoms with Gasteiger partial charge in [0.05, 0.1) is 11.1 Å². The molecular weight excluding hydrogens is 413 g/mol. The first-order chi connectivity index (χ1) is 14.6. The van der Waals surface area contributed by atoms with Crippen LogP contribution in [0.1, 0.15) is 35.7 Å². The molecule has 2 aromatic carbocycles. The van der Waals surface area contributed by atoms with E-state index < -0.39 is 23.8 Å². The number of hydrogen-bond acceptors (Lipinski definition) is 4. The van der Waals surface area contributed by atoms with E-state index in [1.165, 1.54) is 35.2 Å². The number of carbonyl (C=O) groups excluding carboxylic acids is 2. The Kier molecular flexibility index (Phi) is 6.72. The highest BCUT2D eigenvalue weighted by molar-refractivity contribution is 5.96. The van der Waals surface area contributed by atoms with E-state index in [-0.39, 0.29) is 36.4 Å². The largest absolute Gasteiger partial charge is 0.508 e. The van der Waals surface area contributed by atoms with Gasteiger partial charge < -0.3 is 20.1 Å². The molecule has 0 spiro atoms. The van der Waals surface area contributed by atoms with Crippen molar-refractivity contribution in [3.8, 4) is 11.5 Å². The first-order valence-electron chi connectivity index (χ1n) is 9.86. The fourth-order valence-corrected chi connectivity index (χ4v) is 3.41. The quantitative estimate of drug-likeness (QED) is 0.751. The third-order valence-electron chi connectivity index (χ3n) is 5.11. The van der Waals surface area contributed by atoms with Crippen molar-refractivity contribution in [3.63, 3.8) is 0 Å². The van der Waals surface area contributed by atoms with E-state index in [9.17, 15) is 27.9 Å². The first kappa shape index (κ1) is 22.5. The highest BCUT2D eigenvalue weighted by atomic mass is 19.4. The monoisotopic (exact) mass is 436 g/mol. The molecule has 1 saturated heterocycles. The van der Waals surface area contributed by atoms with Crippen LogP contribution in [-0.2, 0) is 11.0 Å². The first-order valence-corrected chi connectivity index (χ1v) is 9.86. The lowest BCUT2D eigenvalue weighted by atomic mass is 10.0. The second kappa shape index (κ2) is 9.28. The highest BCUT2D eigenvalue weighted by Crippen LogP contribution is 2.32. The maximum atomic E-state index is 13.2. The average molecular weight is 436 g/mol. The molecule has 0 radical (unpaired) electrons. The van der Waals surface area contributed by atoms with Gasteiger partial charge in [0, 0.05) is 19.1 Å². The average Bonchev–Trinajstić information content (AvgIpc) is 2.74. The predicted octanol–water partition coefficient (Wildman–Crippen LogP) is 3.60. The molecule has 2 N–H and O–H groups in total. The summed E-state index contributed by atoms with van der Waals surface area (Å²) in [6.45, 7) is 2.07. The number of carbonyl (C=O) groups is 2. The lowest BCUT2D eigenvalue weighted by molar-refractivity contribution is -0.138. The van der Waals surface area contributed by atoms with Gasteiger partial charge in [-0.2, -0.15) is 13.2 Å². The molecule has 31 heavy (non-hydrogen) atoms. The minimum Gasteiger partial charge on any atom is -0.508 e. The number of likely N-dealkylation sites (tertiary alicyclic amines) is 1. The minimum absolute atomic E-state index is 0.0867. The second-order valence-corrected chi connectivity index (χ2v) is 7.37. The van der Waals surface area contributed by atoms with E-state index >= 15 is 0 Å². The third kappa shape index (κ3) is 5.68. The number of phenolic OH excluding ortho intramolecular Hbond substituents is 1. The number of nitrogens with zero attached hydrogens (tertiary/aromatic N) is 1. The summed E-state index contributed by atoms with van der Waals surface area (Å²) in [7, 11) is 0. The van der Waals surface area contributed by atoms with Gasteiger partial charge in [-0.1, -0.05) is 12.1 Å². The summed E-state index contributed by atoms with van der Waals surface area (Å²) in [6.07, 6.45) is -4.52. The maximum Gasteiger partial charge on any atom is 0.417 e. The number of rotatable bonds is 5. The summed E-state index contributed by atoms with van der Waals surface area (Å²) in [5, 5.41) is 12.1. The Bertz CT molecular complexity index is 923. The Balaban J connectivity index is 1.53. The molecule has 0 aromatic heterocycles. The van der Waals surface area contributed by atoms with Gasteiger partial charge in [0.2, 0.25) is 0 Å². The Hall–Kier alpha value is -3.23. The summed E-state index contributed by atoms with van der Waals surface area (Å²) in [4.78, 5) is 26.4. The summed E-state index contributed by atoms with van der Waals surface area (Å²) in [6, 6.07) is 10.5. The molecule has 3 rings (SSSR count). The summed E-state index contributed by atoms with van der Waals surface area (Å²) in [5.74, 6) is -0.477. The van der Waals surface area contributed by atoms with Crippen LogP contribution in [0.4, 0.5) is 13.2 Å². The maximum absolute atomic E-state index is 13.2. The zero-order valence-electron chi connectivity index (χ0n) is 16.9. The molecular formula is C22H23F3N2O4. The normalized spacial score (nSPS) is 15.9. The summed E-state index contributed by atoms with van der Waals surface area (Å²) < 4.78 is 45.1. The third-order valence-corrected chi connectivity index (χ3v) is 5.11. The Labute approximate surface area is 177 Å². The van der Waals surface area contributed by atoms with Gasteiger partial charge >= 0.3 is 6.18 Å². The lowest BCUT2D eigenvalue weighted by Gasteiger charge is -2.33. The molecule has 9 heteroatoms. The van der Waals surface area contributed by atoms with E-state index in [1.54, 1.807) is 19.1 Å². The van der Waals surface area contributed by atoms with E-state index in [0.29, 0.717) is 18.6 Å². The highest BCUT2D eigenvalue weighted by Gasteiger charge is 2.36. The van der Waals surface area contributed by atoms with Gasteiger partial charge in [-0.15, -0.1) is 0 Å². The Morgan fingerprint density at radius 1 is 1.10 bits per heavy atom. The molecule has 1 aliphatic rings. The zero-order chi connectivity index (χ0) is 22.6. The number of ether oxygens (including phenoxy) is 1. The standard InChI is InChI=1S/C22H23F3N2O4/c1-14(31-17-8-6-16(28)7-9-17)20(29)26-15-10-12-27(13-11-15)21(30)18-4-2-3-5-19(18)22(23,24)25/h2-9,14-15,28H,10-13H2,1H3,(H,26,29). The number of phenols is 1. The smallest absolute Gasteiger partial charge is 0.417 e. The van der Waals surface area contributed by atoms with Crippen molar-refractivity contribution < 1.29 is 32.6 Å². The van der Waals surface area contributed by atoms with E-state index in [0.717, 1.165) is 6.07 Å². The fourth-order valence-electron chi connectivity index (χ4n) is 3.41. The van der Waals surface area contributed by atoms with Crippen LogP contribution in [0.3, 0.4) is 0 Å². The Morgan fingerprint density at radius 3 is 2.32 bits per heavy atom. The van der Waals surface area contributed by atoms with Crippen LogP contribution in [0.15, 0.2) is 48.5 Å². The number of alkyl halides is 3. The molecule has 0 saturated carbocycles. The van der Waals surface area contributed by atoms with Crippen LogP contribution in [0, 0.1) is 0 Å². The molecule has 6 nitrogen and oxygen atoms in total. The number of aromatic hydroxyl groups is 1. The number of piperidine rings is 1. The van der Waals surface area contributed by atoms with Gasteiger partial charge in [0.25, 0.3) is 11.8 Å². The van der Waals surface area contributed by atoms with Crippen LogP contribution in [-0.4, -0.2) is 47.1 Å². The SMILES string of the molecule is CC(Oc1ccc(O)cc1)C(=O)NC1CCN(C(=O)c2ccccc2C(F)(F)F)CC1. The number of nitrogens with one attached hydrogen (secondary N) is 1. The van der Waals surface area contributed by atoms with E-state index in [2.05, 4.69) is 5.32 Å². The number of hydrogen-bond donors (Lipinski definition) is 2. The molecule has 1 unspecified atom stereocenters. The Morgan fingerprint density at radius 2 is 1.71 bits per heavy atom. The lowest BCUT2D eigenvalue weighted by Crippen LogP contribution is -2.49. The van der Waals surface area contributed by atoms with Gasteiger partial charge in [0.15, 0.2) is 6.10 Å². The summed E-state index contributed by atoms with van der Waals surface area (Å²) in [5.41, 5.74) is -1.32. The van der Waals surface area contributed by atoms with E-state index in [1.807, 2.05) is 0 Å². The van der Waals surface area contributed by atoms with Crippen molar-refractivity contribution in [3.05, 3.63) is 59.7 Å². The molecule has 0 aliphatic carbocycles. The van der Waals surface area contributed by atoms with Crippen LogP contribution in [0.25, 0.3) is 0 Å². The topological polar surface area (TPSA) is 78.9 Å². The molecule has 1 fully saturated rings. The molecule has 1 atom stereocenters. The molecule has 1 aliphatic heterocycles. The van der Waals surface area contributed by atoms with Crippen LogP contribution >= 0.6 is 0 Å². The zero-order valence-corrected chi connectivity index (χ0v) is 16.9. The number of benzene rings is 2. The van der Waals surface area contributed by atoms with Gasteiger partial charge in [-0.25, -0.2) is 0 Å². The van der Waals surface area contributed by atoms with Crippen molar-refractivity contribution in [2.45, 2.75) is 38.1 Å². The second-order valence-electron chi connectivity index (χ2n) is 7.37. The van der Waals surface area contributed by atoms with Gasteiger partial charge in [-0.05, 0) is 56.2 Å². The van der Waals surface area contributed by atoms with Crippen LogP contribution in [0.5, 0.6) is 11.5 Å². The molecule has 0 bridgehead atoms. The van der Waals surface area contributed by atoms with Crippen LogP contribution in [0.2, 0.25) is 0 Å². The fraction of sp³-hybridized carbons (Fsp3) is 0.364. The molecule has 1 heterocycles. The predicted molar refractivity (Wildman–Crippen MR) is 107 cm³/mol. The van der Waals surface area contributed by atoms with Crippen molar-refractivity contribution in [2.24, 2.45) is 0 Å². The molecule has 166 valence electrons. The van der Waals surface area contributed by atoms with E-state index in [4.69, 9.17) is 4.74 Å². The number of halogens is 3.